The van der Waals surface area contributed by atoms with Crippen molar-refractivity contribution in [3.63, 3.8) is 0 Å². The van der Waals surface area contributed by atoms with E-state index in [0.29, 0.717) is 32.7 Å². The van der Waals surface area contributed by atoms with Gasteiger partial charge in [-0.3, -0.25) is 14.4 Å². The highest BCUT2D eigenvalue weighted by Crippen LogP contribution is 2.23. The number of hydrogen-bond acceptors (Lipinski definition) is 4. The van der Waals surface area contributed by atoms with E-state index < -0.39 is 11.8 Å². The average Bonchev–Trinajstić information content (AvgIpc) is 2.80. The monoisotopic (exact) mass is 448 g/mol. The highest BCUT2D eigenvalue weighted by Gasteiger charge is 2.34. The Morgan fingerprint density at radius 2 is 1.45 bits per heavy atom. The maximum atomic E-state index is 12.9. The fraction of sp³-hybridized carbons (Fsp3) is 0.423. The molecule has 0 unspecified atom stereocenters. The minimum Gasteiger partial charge on any atom is -0.368 e. The minimum absolute atomic E-state index is 0.0354. The Balaban J connectivity index is 1.30. The highest BCUT2D eigenvalue weighted by molar-refractivity contribution is 6.35. The fourth-order valence-corrected chi connectivity index (χ4v) is 4.57. The molecule has 0 atom stereocenters. The number of carbonyl (C=O) groups excluding carboxylic acids is 3. The lowest BCUT2D eigenvalue weighted by Crippen LogP contribution is -2.57. The normalized spacial score (nSPS) is 17.1. The van der Waals surface area contributed by atoms with Gasteiger partial charge in [0, 0.05) is 51.5 Å². The molecule has 7 nitrogen and oxygen atoms in total. The zero-order valence-corrected chi connectivity index (χ0v) is 19.7. The van der Waals surface area contributed by atoms with Crippen LogP contribution in [0.2, 0.25) is 0 Å². The fourth-order valence-electron chi connectivity index (χ4n) is 4.57. The SMILES string of the molecule is Cc1cccc(CN2CCN(CC(=O)N3CCN(c4cc(C)ccc4C)CC3)C(=O)C2=O)c1. The third-order valence-corrected chi connectivity index (χ3v) is 6.52. The molecule has 3 amide bonds. The van der Waals surface area contributed by atoms with Crippen LogP contribution in [0.1, 0.15) is 22.3 Å². The molecule has 0 radical (unpaired) electrons. The Kier molecular flexibility index (Phi) is 6.67. The molecule has 2 aliphatic heterocycles. The van der Waals surface area contributed by atoms with Gasteiger partial charge in [0.15, 0.2) is 0 Å². The number of anilines is 1. The lowest BCUT2D eigenvalue weighted by Gasteiger charge is -2.38. The summed E-state index contributed by atoms with van der Waals surface area (Å²) in [7, 11) is 0. The first-order valence-corrected chi connectivity index (χ1v) is 11.6. The molecular weight excluding hydrogens is 416 g/mol. The second kappa shape index (κ2) is 9.65. The molecule has 174 valence electrons. The van der Waals surface area contributed by atoms with Crippen molar-refractivity contribution in [3.05, 3.63) is 64.7 Å². The van der Waals surface area contributed by atoms with E-state index in [2.05, 4.69) is 36.9 Å². The number of nitrogens with zero attached hydrogens (tertiary/aromatic N) is 4. The van der Waals surface area contributed by atoms with Gasteiger partial charge in [0.1, 0.15) is 6.54 Å². The Hall–Kier alpha value is -3.35. The summed E-state index contributed by atoms with van der Waals surface area (Å²) in [6, 6.07) is 14.4. The van der Waals surface area contributed by atoms with E-state index in [4.69, 9.17) is 0 Å². The quantitative estimate of drug-likeness (QED) is 0.658. The summed E-state index contributed by atoms with van der Waals surface area (Å²) in [5.41, 5.74) is 5.79. The van der Waals surface area contributed by atoms with Crippen LogP contribution in [0, 0.1) is 20.8 Å². The molecule has 0 saturated carbocycles. The smallest absolute Gasteiger partial charge is 0.312 e. The van der Waals surface area contributed by atoms with Crippen LogP contribution in [0.25, 0.3) is 0 Å². The predicted molar refractivity (Wildman–Crippen MR) is 128 cm³/mol. The number of benzene rings is 2. The van der Waals surface area contributed by atoms with Crippen LogP contribution in [-0.4, -0.2) is 78.2 Å². The summed E-state index contributed by atoms with van der Waals surface area (Å²) >= 11 is 0. The molecule has 2 saturated heterocycles. The minimum atomic E-state index is -0.587. The first-order chi connectivity index (χ1) is 15.8. The largest absolute Gasteiger partial charge is 0.368 e. The van der Waals surface area contributed by atoms with Gasteiger partial charge in [-0.05, 0) is 43.5 Å². The summed E-state index contributed by atoms with van der Waals surface area (Å²) in [4.78, 5) is 45.3. The van der Waals surface area contributed by atoms with E-state index in [9.17, 15) is 14.4 Å². The van der Waals surface area contributed by atoms with Gasteiger partial charge < -0.3 is 19.6 Å². The van der Waals surface area contributed by atoms with Crippen molar-refractivity contribution in [3.8, 4) is 0 Å². The van der Waals surface area contributed by atoms with Gasteiger partial charge in [-0.2, -0.15) is 0 Å². The number of carbonyl (C=O) groups is 3. The van der Waals surface area contributed by atoms with Crippen LogP contribution in [0.5, 0.6) is 0 Å². The molecule has 0 aliphatic carbocycles. The summed E-state index contributed by atoms with van der Waals surface area (Å²) in [5.74, 6) is -1.21. The maximum Gasteiger partial charge on any atom is 0.312 e. The predicted octanol–water partition coefficient (Wildman–Crippen LogP) is 2.13. The van der Waals surface area contributed by atoms with Crippen LogP contribution in [0.4, 0.5) is 5.69 Å². The summed E-state index contributed by atoms with van der Waals surface area (Å²) in [6.07, 6.45) is 0. The Morgan fingerprint density at radius 1 is 0.788 bits per heavy atom. The van der Waals surface area contributed by atoms with Gasteiger partial charge in [0.05, 0.1) is 0 Å². The van der Waals surface area contributed by atoms with E-state index >= 15 is 0 Å². The number of piperazine rings is 2. The molecule has 0 spiro atoms. The zero-order valence-electron chi connectivity index (χ0n) is 19.7. The molecule has 4 rings (SSSR count). The second-order valence-corrected chi connectivity index (χ2v) is 9.10. The first-order valence-electron chi connectivity index (χ1n) is 11.6. The van der Waals surface area contributed by atoms with Crippen molar-refractivity contribution < 1.29 is 14.4 Å². The van der Waals surface area contributed by atoms with Crippen LogP contribution < -0.4 is 4.90 Å². The summed E-state index contributed by atoms with van der Waals surface area (Å²) in [5, 5.41) is 0. The van der Waals surface area contributed by atoms with E-state index in [1.807, 2.05) is 31.2 Å². The lowest BCUT2D eigenvalue weighted by molar-refractivity contribution is -0.158. The van der Waals surface area contributed by atoms with Crippen molar-refractivity contribution in [2.45, 2.75) is 27.3 Å². The third kappa shape index (κ3) is 5.18. The molecule has 2 aliphatic rings. The van der Waals surface area contributed by atoms with Crippen LogP contribution in [-0.2, 0) is 20.9 Å². The highest BCUT2D eigenvalue weighted by atomic mass is 16.2. The molecule has 0 bridgehead atoms. The van der Waals surface area contributed by atoms with E-state index in [1.165, 1.54) is 21.7 Å². The third-order valence-electron chi connectivity index (χ3n) is 6.52. The standard InChI is InChI=1S/C26H32N4O3/c1-19-5-4-6-22(15-19)17-29-13-14-30(26(33)25(29)32)18-24(31)28-11-9-27(10-12-28)23-16-20(2)7-8-21(23)3/h4-8,15-16H,9-14,17-18H2,1-3H3. The van der Waals surface area contributed by atoms with E-state index in [-0.39, 0.29) is 12.5 Å². The number of amides is 3. The molecule has 0 aromatic heterocycles. The molecule has 7 heteroatoms. The molecular formula is C26H32N4O3. The van der Waals surface area contributed by atoms with Gasteiger partial charge in [-0.15, -0.1) is 0 Å². The van der Waals surface area contributed by atoms with E-state index in [1.54, 1.807) is 9.80 Å². The first kappa shape index (κ1) is 22.8. The van der Waals surface area contributed by atoms with Gasteiger partial charge in [-0.25, -0.2) is 0 Å². The number of aryl methyl sites for hydroxylation is 3. The van der Waals surface area contributed by atoms with Crippen molar-refractivity contribution in [1.82, 2.24) is 14.7 Å². The Morgan fingerprint density at radius 3 is 2.18 bits per heavy atom. The van der Waals surface area contributed by atoms with Gasteiger partial charge in [0.2, 0.25) is 5.91 Å². The topological polar surface area (TPSA) is 64.2 Å². The summed E-state index contributed by atoms with van der Waals surface area (Å²) < 4.78 is 0. The van der Waals surface area contributed by atoms with Crippen LogP contribution in [0.15, 0.2) is 42.5 Å². The van der Waals surface area contributed by atoms with Gasteiger partial charge >= 0.3 is 11.8 Å². The Bertz CT molecular complexity index is 1060. The molecule has 33 heavy (non-hydrogen) atoms. The molecule has 2 aromatic rings. The van der Waals surface area contributed by atoms with Crippen molar-refractivity contribution in [2.24, 2.45) is 0 Å². The molecule has 0 N–H and O–H groups in total. The van der Waals surface area contributed by atoms with Gasteiger partial charge in [0.25, 0.3) is 0 Å². The molecule has 2 aromatic carbocycles. The number of rotatable bonds is 5. The maximum absolute atomic E-state index is 12.9. The van der Waals surface area contributed by atoms with Crippen LogP contribution >= 0.6 is 0 Å². The zero-order chi connectivity index (χ0) is 23.5. The lowest BCUT2D eigenvalue weighted by atomic mass is 10.1. The van der Waals surface area contributed by atoms with Crippen molar-refractivity contribution in [2.75, 3.05) is 50.7 Å². The summed E-state index contributed by atoms with van der Waals surface area (Å²) in [6.45, 7) is 10.1. The average molecular weight is 449 g/mol. The second-order valence-electron chi connectivity index (χ2n) is 9.10. The van der Waals surface area contributed by atoms with Crippen LogP contribution in [0.3, 0.4) is 0 Å². The Labute approximate surface area is 195 Å². The van der Waals surface area contributed by atoms with Crippen molar-refractivity contribution >= 4 is 23.4 Å². The molecule has 2 heterocycles. The van der Waals surface area contributed by atoms with E-state index in [0.717, 1.165) is 24.2 Å². The van der Waals surface area contributed by atoms with Gasteiger partial charge in [-0.1, -0.05) is 42.0 Å². The molecule has 2 fully saturated rings. The van der Waals surface area contributed by atoms with Crippen molar-refractivity contribution in [1.29, 1.82) is 0 Å². The number of hydrogen-bond donors (Lipinski definition) is 0.